The van der Waals surface area contributed by atoms with Crippen LogP contribution in [-0.4, -0.2) is 39.8 Å². The summed E-state index contributed by atoms with van der Waals surface area (Å²) in [5, 5.41) is 1.55. The number of allylic oxidation sites excluding steroid dienone is 1. The molecule has 0 N–H and O–H groups in total. The molecule has 4 rings (SSSR count). The van der Waals surface area contributed by atoms with Gasteiger partial charge in [0.15, 0.2) is 0 Å². The molecule has 0 amide bonds. The summed E-state index contributed by atoms with van der Waals surface area (Å²) in [6.07, 6.45) is 19.8. The van der Waals surface area contributed by atoms with Crippen LogP contribution in [0.1, 0.15) is 128 Å². The summed E-state index contributed by atoms with van der Waals surface area (Å²) >= 11 is 0. The van der Waals surface area contributed by atoms with Gasteiger partial charge in [0.1, 0.15) is 5.76 Å². The standard InChI is InChI=1S/C42H66O5Si/c1-7-8-9-11-33-13-15-36(16-14-33)37-17-19-38(20-18-37)39-21-23-40(24-22-39)48(5,6)25-10-12-34(30-46-32(4)31(2)3)28-45-29-35-26-41(43)47-42(44)27-35/h21-24,33-38H,2,4,7-20,25-30H2,1,3,5-6H3. The highest BCUT2D eigenvalue weighted by molar-refractivity contribution is 6.89. The minimum Gasteiger partial charge on any atom is -0.494 e. The van der Waals surface area contributed by atoms with Gasteiger partial charge in [-0.3, -0.25) is 9.59 Å². The highest BCUT2D eigenvalue weighted by Crippen LogP contribution is 2.44. The zero-order valence-electron chi connectivity index (χ0n) is 30.9. The monoisotopic (exact) mass is 678 g/mol. The molecule has 5 nitrogen and oxygen atoms in total. The molecule has 48 heavy (non-hydrogen) atoms. The van der Waals surface area contributed by atoms with Crippen molar-refractivity contribution < 1.29 is 23.8 Å². The van der Waals surface area contributed by atoms with Crippen molar-refractivity contribution in [3.05, 3.63) is 54.3 Å². The lowest BCUT2D eigenvalue weighted by atomic mass is 9.68. The molecule has 0 bridgehead atoms. The largest absolute Gasteiger partial charge is 0.494 e. The lowest BCUT2D eigenvalue weighted by Gasteiger charge is -2.38. The predicted molar refractivity (Wildman–Crippen MR) is 200 cm³/mol. The molecule has 1 heterocycles. The van der Waals surface area contributed by atoms with Crippen molar-refractivity contribution in [3.63, 3.8) is 0 Å². The van der Waals surface area contributed by atoms with E-state index in [4.69, 9.17) is 9.47 Å². The molecule has 1 atom stereocenters. The van der Waals surface area contributed by atoms with Crippen molar-refractivity contribution in [2.45, 2.75) is 142 Å². The second-order valence-corrected chi connectivity index (χ2v) is 21.2. The van der Waals surface area contributed by atoms with E-state index in [2.05, 4.69) is 62.2 Å². The van der Waals surface area contributed by atoms with Gasteiger partial charge in [-0.15, -0.1) is 0 Å². The maximum atomic E-state index is 11.6. The molecule has 6 heteroatoms. The van der Waals surface area contributed by atoms with E-state index in [-0.39, 0.29) is 24.7 Å². The van der Waals surface area contributed by atoms with Crippen molar-refractivity contribution in [3.8, 4) is 0 Å². The van der Waals surface area contributed by atoms with E-state index < -0.39 is 20.0 Å². The Labute approximate surface area is 293 Å². The van der Waals surface area contributed by atoms with Crippen LogP contribution in [0.3, 0.4) is 0 Å². The maximum absolute atomic E-state index is 11.6. The first-order valence-electron chi connectivity index (χ1n) is 19.4. The van der Waals surface area contributed by atoms with Crippen LogP contribution < -0.4 is 5.19 Å². The quantitative estimate of drug-likeness (QED) is 0.0364. The van der Waals surface area contributed by atoms with Gasteiger partial charge in [-0.1, -0.05) is 114 Å². The third-order valence-electron chi connectivity index (χ3n) is 11.9. The fourth-order valence-electron chi connectivity index (χ4n) is 8.57. The number of benzene rings is 1. The zero-order chi connectivity index (χ0) is 34.5. The van der Waals surface area contributed by atoms with E-state index in [1.807, 2.05) is 6.92 Å². The van der Waals surface area contributed by atoms with Crippen molar-refractivity contribution in [2.75, 3.05) is 19.8 Å². The third-order valence-corrected chi connectivity index (χ3v) is 15.4. The topological polar surface area (TPSA) is 61.8 Å². The Morgan fingerprint density at radius 1 is 0.854 bits per heavy atom. The Kier molecular flexibility index (Phi) is 15.5. The van der Waals surface area contributed by atoms with Crippen molar-refractivity contribution in [2.24, 2.45) is 29.6 Å². The molecular weight excluding hydrogens is 613 g/mol. The van der Waals surface area contributed by atoms with Gasteiger partial charge in [0.25, 0.3) is 0 Å². The summed E-state index contributed by atoms with van der Waals surface area (Å²) < 4.78 is 16.7. The number of ether oxygens (including phenoxy) is 3. The highest BCUT2D eigenvalue weighted by Gasteiger charge is 2.32. The molecule has 3 fully saturated rings. The van der Waals surface area contributed by atoms with Crippen LogP contribution in [0.2, 0.25) is 19.1 Å². The second kappa shape index (κ2) is 19.3. The van der Waals surface area contributed by atoms with E-state index in [1.54, 1.807) is 10.8 Å². The molecule has 0 aromatic heterocycles. The number of cyclic esters (lactones) is 2. The molecule has 2 saturated carbocycles. The Hall–Kier alpha value is -2.18. The normalized spacial score (nSPS) is 24.6. The summed E-state index contributed by atoms with van der Waals surface area (Å²) in [6, 6.07) is 11.0. The van der Waals surface area contributed by atoms with Crippen molar-refractivity contribution in [1.82, 2.24) is 0 Å². The van der Waals surface area contributed by atoms with Gasteiger partial charge in [-0.05, 0) is 86.7 Å². The molecule has 3 aliphatic rings. The molecule has 2 aliphatic carbocycles. The van der Waals surface area contributed by atoms with E-state index in [9.17, 15) is 9.59 Å². The van der Waals surface area contributed by atoms with Gasteiger partial charge in [0.2, 0.25) is 0 Å². The molecule has 1 aromatic carbocycles. The van der Waals surface area contributed by atoms with Gasteiger partial charge in [-0.25, -0.2) is 0 Å². The van der Waals surface area contributed by atoms with Crippen LogP contribution >= 0.6 is 0 Å². The van der Waals surface area contributed by atoms with Crippen molar-refractivity contribution >= 4 is 25.2 Å². The fraction of sp³-hybridized carbons (Fsp3) is 0.714. The first-order chi connectivity index (χ1) is 23.0. The van der Waals surface area contributed by atoms with E-state index >= 15 is 0 Å². The molecule has 0 spiro atoms. The maximum Gasteiger partial charge on any atom is 0.313 e. The number of carbonyl (C=O) groups excluding carboxylic acids is 2. The number of rotatable bonds is 19. The molecule has 1 aliphatic heterocycles. The zero-order valence-corrected chi connectivity index (χ0v) is 31.9. The highest BCUT2D eigenvalue weighted by atomic mass is 28.3. The summed E-state index contributed by atoms with van der Waals surface area (Å²) in [6.45, 7) is 18.6. The smallest absolute Gasteiger partial charge is 0.313 e. The van der Waals surface area contributed by atoms with Gasteiger partial charge < -0.3 is 14.2 Å². The third kappa shape index (κ3) is 12.3. The predicted octanol–water partition coefficient (Wildman–Crippen LogP) is 10.3. The number of unbranched alkanes of at least 4 members (excludes halogenated alkanes) is 2. The first-order valence-corrected chi connectivity index (χ1v) is 22.6. The van der Waals surface area contributed by atoms with Crippen molar-refractivity contribution in [1.29, 1.82) is 0 Å². The van der Waals surface area contributed by atoms with E-state index in [0.29, 0.717) is 25.6 Å². The van der Waals surface area contributed by atoms with Crippen LogP contribution in [0.25, 0.3) is 0 Å². The Bertz CT molecular complexity index is 1160. The molecule has 0 radical (unpaired) electrons. The SMILES string of the molecule is C=C(C)C(=C)OCC(CCC[Si](C)(C)c1ccc(C2CCC(C3CCC(CCCCC)CC3)CC2)cc1)COCC1CC(=O)OC(=O)C1. The first kappa shape index (κ1) is 38.6. The fourth-order valence-corrected chi connectivity index (χ4v) is 11.0. The van der Waals surface area contributed by atoms with Gasteiger partial charge in [0.05, 0.1) is 40.7 Å². The Morgan fingerprint density at radius 2 is 1.48 bits per heavy atom. The van der Waals surface area contributed by atoms with Gasteiger partial charge in [-0.2, -0.15) is 0 Å². The molecule has 1 aromatic rings. The van der Waals surface area contributed by atoms with Crippen LogP contribution in [0, 0.1) is 29.6 Å². The van der Waals surface area contributed by atoms with Crippen LogP contribution in [0.15, 0.2) is 48.8 Å². The van der Waals surface area contributed by atoms with Gasteiger partial charge in [0, 0.05) is 11.8 Å². The average Bonchev–Trinajstić information content (AvgIpc) is 3.07. The molecular formula is C42H66O5Si. The number of hydrogen-bond acceptors (Lipinski definition) is 5. The number of carbonyl (C=O) groups is 2. The minimum absolute atomic E-state index is 0.111. The Morgan fingerprint density at radius 3 is 2.08 bits per heavy atom. The molecule has 1 unspecified atom stereocenters. The Balaban J connectivity index is 1.20. The van der Waals surface area contributed by atoms with Crippen LogP contribution in [0.4, 0.5) is 0 Å². The lowest BCUT2D eigenvalue weighted by Crippen LogP contribution is -2.41. The summed E-state index contributed by atoms with van der Waals surface area (Å²) in [5.74, 6) is 3.52. The van der Waals surface area contributed by atoms with Gasteiger partial charge >= 0.3 is 11.9 Å². The van der Waals surface area contributed by atoms with Crippen LogP contribution in [-0.2, 0) is 23.8 Å². The van der Waals surface area contributed by atoms with E-state index in [0.717, 1.165) is 42.1 Å². The molecule has 268 valence electrons. The number of esters is 2. The summed E-state index contributed by atoms with van der Waals surface area (Å²) in [4.78, 5) is 23.3. The average molecular weight is 679 g/mol. The lowest BCUT2D eigenvalue weighted by molar-refractivity contribution is -0.166. The minimum atomic E-state index is -1.61. The summed E-state index contributed by atoms with van der Waals surface area (Å²) in [7, 11) is -1.61. The number of hydrogen-bond donors (Lipinski definition) is 0. The van der Waals surface area contributed by atoms with E-state index in [1.165, 1.54) is 83.1 Å². The van der Waals surface area contributed by atoms with Crippen LogP contribution in [0.5, 0.6) is 0 Å². The molecule has 1 saturated heterocycles. The summed E-state index contributed by atoms with van der Waals surface area (Å²) in [5.41, 5.74) is 2.39. The second-order valence-electron chi connectivity index (χ2n) is 16.3.